The fraction of sp³-hybridized carbons (Fsp3) is 0.611. The summed E-state index contributed by atoms with van der Waals surface area (Å²) in [5, 5.41) is 0. The number of hydrogen-bond acceptors (Lipinski definition) is 3. The molecular formula is C18H26N2O2. The van der Waals surface area contributed by atoms with Gasteiger partial charge < -0.3 is 14.0 Å². The van der Waals surface area contributed by atoms with E-state index < -0.39 is 0 Å². The van der Waals surface area contributed by atoms with Gasteiger partial charge in [-0.3, -0.25) is 0 Å². The topological polar surface area (TPSA) is 36.3 Å². The first-order valence-electron chi connectivity index (χ1n) is 8.35. The van der Waals surface area contributed by atoms with Crippen molar-refractivity contribution in [3.05, 3.63) is 29.9 Å². The molecule has 2 heterocycles. The quantitative estimate of drug-likeness (QED) is 0.847. The Hall–Kier alpha value is -1.39. The molecule has 3 rings (SSSR count). The van der Waals surface area contributed by atoms with Gasteiger partial charge in [-0.25, -0.2) is 4.98 Å². The molecule has 0 amide bonds. The van der Waals surface area contributed by atoms with Crippen LogP contribution in [0.1, 0.15) is 50.9 Å². The van der Waals surface area contributed by atoms with Gasteiger partial charge in [-0.2, -0.15) is 0 Å². The summed E-state index contributed by atoms with van der Waals surface area (Å²) in [6.45, 7) is 6.55. The number of ether oxygens (including phenoxy) is 2. The van der Waals surface area contributed by atoms with E-state index >= 15 is 0 Å². The van der Waals surface area contributed by atoms with Crippen molar-refractivity contribution in [1.82, 2.24) is 9.55 Å². The Bertz CT molecular complexity index is 553. The second-order valence-corrected chi connectivity index (χ2v) is 6.24. The molecule has 2 aliphatic rings. The van der Waals surface area contributed by atoms with Crippen LogP contribution in [0.2, 0.25) is 0 Å². The first-order valence-corrected chi connectivity index (χ1v) is 8.35. The lowest BCUT2D eigenvalue weighted by Crippen LogP contribution is -2.37. The molecule has 1 aliphatic heterocycles. The molecule has 120 valence electrons. The number of aromatic nitrogens is 2. The van der Waals surface area contributed by atoms with Gasteiger partial charge in [0.1, 0.15) is 0 Å². The van der Waals surface area contributed by atoms with Crippen LogP contribution in [0.3, 0.4) is 0 Å². The number of imidazole rings is 1. The van der Waals surface area contributed by atoms with E-state index in [0.29, 0.717) is 5.92 Å². The van der Waals surface area contributed by atoms with Crippen LogP contribution in [0.4, 0.5) is 0 Å². The molecule has 0 radical (unpaired) electrons. The van der Waals surface area contributed by atoms with Crippen molar-refractivity contribution in [2.45, 2.75) is 51.9 Å². The van der Waals surface area contributed by atoms with E-state index in [1.807, 2.05) is 26.3 Å². The van der Waals surface area contributed by atoms with Crippen LogP contribution in [-0.2, 0) is 16.0 Å². The van der Waals surface area contributed by atoms with Gasteiger partial charge in [-0.05, 0) is 44.8 Å². The largest absolute Gasteiger partial charge is 0.348 e. The molecule has 4 heteroatoms. The van der Waals surface area contributed by atoms with Gasteiger partial charge in [-0.15, -0.1) is 0 Å². The number of rotatable bonds is 4. The lowest BCUT2D eigenvalue weighted by molar-refractivity contribution is -0.187. The van der Waals surface area contributed by atoms with E-state index in [4.69, 9.17) is 9.47 Å². The Morgan fingerprint density at radius 2 is 2.05 bits per heavy atom. The summed E-state index contributed by atoms with van der Waals surface area (Å²) in [4.78, 5) is 4.54. The summed E-state index contributed by atoms with van der Waals surface area (Å²) in [6, 6.07) is 0. The van der Waals surface area contributed by atoms with Crippen molar-refractivity contribution in [2.75, 3.05) is 13.2 Å². The molecule has 1 saturated carbocycles. The Morgan fingerprint density at radius 1 is 1.27 bits per heavy atom. The molecule has 1 aromatic heterocycles. The van der Waals surface area contributed by atoms with Crippen LogP contribution in [-0.4, -0.2) is 28.6 Å². The summed E-state index contributed by atoms with van der Waals surface area (Å²) >= 11 is 0. The molecule has 1 atom stereocenters. The highest BCUT2D eigenvalue weighted by Gasteiger charge is 2.41. The predicted octanol–water partition coefficient (Wildman–Crippen LogP) is 3.88. The molecule has 1 spiro atoms. The molecule has 1 aromatic rings. The maximum Gasteiger partial charge on any atom is 0.168 e. The standard InChI is InChI=1S/C18H26N2O2/c1-3-6-16-17(7-4-2)20(14-19-16)13-15-8-5-9-18(12-15)21-10-11-22-18/h3-4,6-7,14-15H,5,8-13H2,1-2H3/b6-3-,7-4-. The molecule has 1 unspecified atom stereocenters. The van der Waals surface area contributed by atoms with E-state index in [0.717, 1.165) is 38.3 Å². The third kappa shape index (κ3) is 3.18. The SMILES string of the molecule is C/C=C\c1ncn(CC2CCCC3(C2)OCCO3)c1/C=C\C. The van der Waals surface area contributed by atoms with E-state index in [2.05, 4.69) is 27.8 Å². The van der Waals surface area contributed by atoms with E-state index in [-0.39, 0.29) is 5.79 Å². The van der Waals surface area contributed by atoms with E-state index in [1.165, 1.54) is 18.5 Å². The molecule has 22 heavy (non-hydrogen) atoms. The van der Waals surface area contributed by atoms with Gasteiger partial charge in [0, 0.05) is 19.4 Å². The third-order valence-corrected chi connectivity index (χ3v) is 4.60. The van der Waals surface area contributed by atoms with Gasteiger partial charge >= 0.3 is 0 Å². The molecule has 0 bridgehead atoms. The van der Waals surface area contributed by atoms with Gasteiger partial charge in [-0.1, -0.05) is 12.2 Å². The third-order valence-electron chi connectivity index (χ3n) is 4.60. The van der Waals surface area contributed by atoms with Gasteiger partial charge in [0.2, 0.25) is 0 Å². The monoisotopic (exact) mass is 302 g/mol. The number of allylic oxidation sites excluding steroid dienone is 2. The maximum absolute atomic E-state index is 5.90. The van der Waals surface area contributed by atoms with Gasteiger partial charge in [0.05, 0.1) is 30.9 Å². The summed E-state index contributed by atoms with van der Waals surface area (Å²) in [6.07, 6.45) is 14.7. The van der Waals surface area contributed by atoms with Crippen molar-refractivity contribution < 1.29 is 9.47 Å². The Kier molecular flexibility index (Phi) is 4.79. The Morgan fingerprint density at radius 3 is 2.77 bits per heavy atom. The van der Waals surface area contributed by atoms with Crippen LogP contribution in [0.15, 0.2) is 18.5 Å². The van der Waals surface area contributed by atoms with Crippen molar-refractivity contribution in [3.63, 3.8) is 0 Å². The van der Waals surface area contributed by atoms with Crippen molar-refractivity contribution in [2.24, 2.45) is 5.92 Å². The van der Waals surface area contributed by atoms with Crippen LogP contribution >= 0.6 is 0 Å². The first kappa shape index (κ1) is 15.5. The molecule has 2 fully saturated rings. The van der Waals surface area contributed by atoms with Crippen LogP contribution < -0.4 is 0 Å². The normalized spacial score (nSPS) is 24.9. The average Bonchev–Trinajstić information content (AvgIpc) is 3.10. The summed E-state index contributed by atoms with van der Waals surface area (Å²) in [5.74, 6) is 0.291. The van der Waals surface area contributed by atoms with Crippen LogP contribution in [0.5, 0.6) is 0 Å². The van der Waals surface area contributed by atoms with Crippen molar-refractivity contribution in [1.29, 1.82) is 0 Å². The second kappa shape index (κ2) is 6.80. The summed E-state index contributed by atoms with van der Waals surface area (Å²) in [7, 11) is 0. The zero-order valence-electron chi connectivity index (χ0n) is 13.6. The molecule has 1 saturated heterocycles. The van der Waals surface area contributed by atoms with Crippen LogP contribution in [0.25, 0.3) is 12.2 Å². The molecule has 0 N–H and O–H groups in total. The predicted molar refractivity (Wildman–Crippen MR) is 88.2 cm³/mol. The lowest BCUT2D eigenvalue weighted by Gasteiger charge is -2.36. The smallest absolute Gasteiger partial charge is 0.168 e. The number of nitrogens with zero attached hydrogens (tertiary/aromatic N) is 2. The zero-order valence-corrected chi connectivity index (χ0v) is 13.6. The van der Waals surface area contributed by atoms with Gasteiger partial charge in [0.15, 0.2) is 5.79 Å². The second-order valence-electron chi connectivity index (χ2n) is 6.24. The summed E-state index contributed by atoms with van der Waals surface area (Å²) in [5.41, 5.74) is 2.23. The zero-order chi connectivity index (χ0) is 15.4. The maximum atomic E-state index is 5.90. The highest BCUT2D eigenvalue weighted by Crippen LogP contribution is 2.39. The van der Waals surface area contributed by atoms with E-state index in [9.17, 15) is 0 Å². The average molecular weight is 302 g/mol. The van der Waals surface area contributed by atoms with Gasteiger partial charge in [0.25, 0.3) is 0 Å². The minimum absolute atomic E-state index is 0.295. The fourth-order valence-electron chi connectivity index (χ4n) is 3.68. The molecule has 0 aromatic carbocycles. The van der Waals surface area contributed by atoms with E-state index in [1.54, 1.807) is 0 Å². The highest BCUT2D eigenvalue weighted by molar-refractivity contribution is 5.59. The minimum atomic E-state index is -0.295. The minimum Gasteiger partial charge on any atom is -0.348 e. The highest BCUT2D eigenvalue weighted by atomic mass is 16.7. The Labute approximate surface area is 132 Å². The summed E-state index contributed by atoms with van der Waals surface area (Å²) < 4.78 is 14.1. The Balaban J connectivity index is 1.75. The van der Waals surface area contributed by atoms with Crippen molar-refractivity contribution in [3.8, 4) is 0 Å². The first-order chi connectivity index (χ1) is 10.8. The van der Waals surface area contributed by atoms with Crippen molar-refractivity contribution >= 4 is 12.2 Å². The number of hydrogen-bond donors (Lipinski definition) is 0. The molecule has 4 nitrogen and oxygen atoms in total. The fourth-order valence-corrected chi connectivity index (χ4v) is 3.68. The molecule has 1 aliphatic carbocycles. The lowest BCUT2D eigenvalue weighted by atomic mass is 9.84. The molecular weight excluding hydrogens is 276 g/mol. The van der Waals surface area contributed by atoms with Crippen LogP contribution in [0, 0.1) is 5.92 Å².